The molecular formula is C17H27FN2. The molecule has 1 aromatic rings. The minimum atomic E-state index is -0.136. The van der Waals surface area contributed by atoms with Gasteiger partial charge in [-0.2, -0.15) is 0 Å². The number of halogens is 1. The Bertz CT molecular complexity index is 429. The summed E-state index contributed by atoms with van der Waals surface area (Å²) in [7, 11) is 0. The molecule has 0 bridgehead atoms. The zero-order valence-electron chi connectivity index (χ0n) is 13.0. The monoisotopic (exact) mass is 278 g/mol. The maximum absolute atomic E-state index is 13.4. The van der Waals surface area contributed by atoms with Gasteiger partial charge in [-0.15, -0.1) is 0 Å². The second kappa shape index (κ2) is 6.68. The predicted molar refractivity (Wildman–Crippen MR) is 82.2 cm³/mol. The lowest BCUT2D eigenvalue weighted by molar-refractivity contribution is 0.0643. The lowest BCUT2D eigenvalue weighted by Gasteiger charge is -2.47. The van der Waals surface area contributed by atoms with Crippen molar-refractivity contribution in [1.29, 1.82) is 0 Å². The molecule has 2 rings (SSSR count). The van der Waals surface area contributed by atoms with Gasteiger partial charge in [0.05, 0.1) is 0 Å². The van der Waals surface area contributed by atoms with Crippen molar-refractivity contribution < 1.29 is 4.39 Å². The molecule has 1 aliphatic rings. The van der Waals surface area contributed by atoms with Gasteiger partial charge in [0, 0.05) is 31.2 Å². The van der Waals surface area contributed by atoms with Gasteiger partial charge >= 0.3 is 0 Å². The molecule has 1 fully saturated rings. The molecule has 1 aromatic carbocycles. The molecule has 0 amide bonds. The van der Waals surface area contributed by atoms with E-state index >= 15 is 0 Å². The lowest BCUT2D eigenvalue weighted by atomic mass is 9.88. The fourth-order valence-corrected chi connectivity index (χ4v) is 3.22. The summed E-state index contributed by atoms with van der Waals surface area (Å²) >= 11 is 0. The van der Waals surface area contributed by atoms with E-state index in [0.29, 0.717) is 6.04 Å². The van der Waals surface area contributed by atoms with Gasteiger partial charge in [0.25, 0.3) is 0 Å². The Hall–Kier alpha value is -0.930. The van der Waals surface area contributed by atoms with Crippen LogP contribution in [0.15, 0.2) is 24.3 Å². The molecule has 2 nitrogen and oxygen atoms in total. The van der Waals surface area contributed by atoms with E-state index in [2.05, 4.69) is 31.0 Å². The van der Waals surface area contributed by atoms with E-state index in [1.807, 2.05) is 6.07 Å². The highest BCUT2D eigenvalue weighted by molar-refractivity contribution is 5.16. The number of nitrogens with zero attached hydrogens (tertiary/aromatic N) is 1. The summed E-state index contributed by atoms with van der Waals surface area (Å²) in [5.41, 5.74) is 1.30. The third kappa shape index (κ3) is 3.39. The van der Waals surface area contributed by atoms with Crippen LogP contribution in [0.5, 0.6) is 0 Å². The molecule has 1 saturated heterocycles. The maximum atomic E-state index is 13.4. The summed E-state index contributed by atoms with van der Waals surface area (Å²) in [6.45, 7) is 9.67. The van der Waals surface area contributed by atoms with Crippen LogP contribution in [0.4, 0.5) is 4.39 Å². The first-order valence-electron chi connectivity index (χ1n) is 7.86. The summed E-state index contributed by atoms with van der Waals surface area (Å²) in [4.78, 5) is 2.53. The zero-order valence-corrected chi connectivity index (χ0v) is 13.0. The van der Waals surface area contributed by atoms with E-state index < -0.39 is 0 Å². The van der Waals surface area contributed by atoms with Gasteiger partial charge in [-0.3, -0.25) is 4.90 Å². The molecular weight excluding hydrogens is 251 g/mol. The minimum Gasteiger partial charge on any atom is -0.308 e. The van der Waals surface area contributed by atoms with Crippen molar-refractivity contribution in [2.45, 2.75) is 58.2 Å². The van der Waals surface area contributed by atoms with Crippen LogP contribution < -0.4 is 5.32 Å². The fraction of sp³-hybridized carbons (Fsp3) is 0.647. The Morgan fingerprint density at radius 3 is 2.65 bits per heavy atom. The van der Waals surface area contributed by atoms with Crippen molar-refractivity contribution in [2.24, 2.45) is 0 Å². The van der Waals surface area contributed by atoms with E-state index in [4.69, 9.17) is 0 Å². The van der Waals surface area contributed by atoms with E-state index in [-0.39, 0.29) is 11.4 Å². The highest BCUT2D eigenvalue weighted by atomic mass is 19.1. The van der Waals surface area contributed by atoms with Crippen molar-refractivity contribution in [3.8, 4) is 0 Å². The summed E-state index contributed by atoms with van der Waals surface area (Å²) in [6.07, 6.45) is 3.41. The number of piperazine rings is 1. The molecule has 20 heavy (non-hydrogen) atoms. The molecule has 0 radical (unpaired) electrons. The third-order valence-electron chi connectivity index (χ3n) is 4.83. The average Bonchev–Trinajstić information content (AvgIpc) is 2.47. The highest BCUT2D eigenvalue weighted by Crippen LogP contribution is 2.25. The topological polar surface area (TPSA) is 15.3 Å². The Morgan fingerprint density at radius 2 is 2.05 bits per heavy atom. The zero-order chi connectivity index (χ0) is 14.6. The van der Waals surface area contributed by atoms with E-state index in [1.54, 1.807) is 12.1 Å². The second-order valence-corrected chi connectivity index (χ2v) is 5.97. The van der Waals surface area contributed by atoms with Gasteiger partial charge in [-0.1, -0.05) is 32.9 Å². The van der Waals surface area contributed by atoms with Crippen LogP contribution in [-0.2, 0) is 6.54 Å². The van der Waals surface area contributed by atoms with Crippen LogP contribution in [0.25, 0.3) is 0 Å². The minimum absolute atomic E-state index is 0.136. The maximum Gasteiger partial charge on any atom is 0.123 e. The average molecular weight is 278 g/mol. The first-order valence-corrected chi connectivity index (χ1v) is 7.86. The van der Waals surface area contributed by atoms with Crippen LogP contribution in [0.2, 0.25) is 0 Å². The van der Waals surface area contributed by atoms with Crippen molar-refractivity contribution in [3.63, 3.8) is 0 Å². The molecule has 1 N–H and O–H groups in total. The Labute approximate surface area is 122 Å². The summed E-state index contributed by atoms with van der Waals surface area (Å²) < 4.78 is 13.4. The molecule has 0 aromatic heterocycles. The number of benzene rings is 1. The molecule has 112 valence electrons. The van der Waals surface area contributed by atoms with E-state index in [0.717, 1.165) is 44.5 Å². The number of rotatable bonds is 5. The largest absolute Gasteiger partial charge is 0.308 e. The summed E-state index contributed by atoms with van der Waals surface area (Å²) in [5.74, 6) is -0.136. The van der Waals surface area contributed by atoms with Gasteiger partial charge in [-0.25, -0.2) is 4.39 Å². The molecule has 3 heteroatoms. The normalized spacial score (nSPS) is 22.9. The number of nitrogens with one attached hydrogen (secondary N) is 1. The van der Waals surface area contributed by atoms with E-state index in [1.165, 1.54) is 6.07 Å². The van der Waals surface area contributed by atoms with Gasteiger partial charge in [0.2, 0.25) is 0 Å². The lowest BCUT2D eigenvalue weighted by Crippen LogP contribution is -2.63. The number of hydrogen-bond donors (Lipinski definition) is 1. The van der Waals surface area contributed by atoms with Crippen molar-refractivity contribution in [3.05, 3.63) is 35.6 Å². The van der Waals surface area contributed by atoms with Crippen LogP contribution in [0, 0.1) is 5.82 Å². The van der Waals surface area contributed by atoms with Gasteiger partial charge < -0.3 is 5.32 Å². The molecule has 1 aliphatic heterocycles. The first kappa shape index (κ1) is 15.5. The molecule has 0 saturated carbocycles. The number of hydrogen-bond acceptors (Lipinski definition) is 2. The Kier molecular flexibility index (Phi) is 5.17. The molecule has 1 heterocycles. The second-order valence-electron chi connectivity index (χ2n) is 5.97. The Morgan fingerprint density at radius 1 is 1.30 bits per heavy atom. The predicted octanol–water partition coefficient (Wildman–Crippen LogP) is 3.57. The third-order valence-corrected chi connectivity index (χ3v) is 4.83. The molecule has 1 unspecified atom stereocenters. The van der Waals surface area contributed by atoms with E-state index in [9.17, 15) is 4.39 Å². The fourth-order valence-electron chi connectivity index (χ4n) is 3.22. The SMILES string of the molecule is CCC1CNC(CC)(CC)CN1Cc1cccc(F)c1. The van der Waals surface area contributed by atoms with Crippen LogP contribution in [0.1, 0.15) is 45.6 Å². The van der Waals surface area contributed by atoms with Crippen LogP contribution in [0.3, 0.4) is 0 Å². The van der Waals surface area contributed by atoms with Gasteiger partial charge in [0.15, 0.2) is 0 Å². The standard InChI is InChI=1S/C17H27FN2/c1-4-16-11-19-17(5-2,6-3)13-20(16)12-14-8-7-9-15(18)10-14/h7-10,16,19H,4-6,11-13H2,1-3H3. The van der Waals surface area contributed by atoms with Crippen molar-refractivity contribution in [1.82, 2.24) is 10.2 Å². The molecule has 1 atom stereocenters. The van der Waals surface area contributed by atoms with Crippen LogP contribution >= 0.6 is 0 Å². The first-order chi connectivity index (χ1) is 9.62. The van der Waals surface area contributed by atoms with Crippen molar-refractivity contribution in [2.75, 3.05) is 13.1 Å². The summed E-state index contributed by atoms with van der Waals surface area (Å²) in [5, 5.41) is 3.74. The summed E-state index contributed by atoms with van der Waals surface area (Å²) in [6, 6.07) is 7.55. The highest BCUT2D eigenvalue weighted by Gasteiger charge is 2.35. The van der Waals surface area contributed by atoms with Gasteiger partial charge in [0.1, 0.15) is 5.82 Å². The molecule has 0 spiro atoms. The van der Waals surface area contributed by atoms with Crippen LogP contribution in [-0.4, -0.2) is 29.6 Å². The smallest absolute Gasteiger partial charge is 0.123 e. The van der Waals surface area contributed by atoms with Crippen molar-refractivity contribution >= 4 is 0 Å². The van der Waals surface area contributed by atoms with Gasteiger partial charge in [-0.05, 0) is 37.0 Å². The quantitative estimate of drug-likeness (QED) is 0.886. The molecule has 0 aliphatic carbocycles. The Balaban J connectivity index is 2.13.